The summed E-state index contributed by atoms with van der Waals surface area (Å²) < 4.78 is 4.43. The average Bonchev–Trinajstić information content (AvgIpc) is 2.68. The minimum absolute atomic E-state index is 1.25. The maximum Gasteiger partial charge on any atom is 0.241 e. The van der Waals surface area contributed by atoms with E-state index in [0.717, 1.165) is 0 Å². The molecule has 0 N–H and O–H groups in total. The summed E-state index contributed by atoms with van der Waals surface area (Å²) in [6.07, 6.45) is 2.20. The number of fused-ring (bicyclic) bond motifs is 1. The van der Waals surface area contributed by atoms with E-state index in [-0.39, 0.29) is 0 Å². The highest BCUT2D eigenvalue weighted by molar-refractivity contribution is 5.77. The third-order valence-electron chi connectivity index (χ3n) is 3.54. The lowest BCUT2D eigenvalue weighted by molar-refractivity contribution is -0.680. The Morgan fingerprint density at radius 2 is 1.56 bits per heavy atom. The second-order valence-electron chi connectivity index (χ2n) is 4.80. The minimum atomic E-state index is 1.25. The van der Waals surface area contributed by atoms with Crippen LogP contribution >= 0.6 is 0 Å². The molecule has 0 aliphatic rings. The van der Waals surface area contributed by atoms with Gasteiger partial charge in [0.2, 0.25) is 11.9 Å². The smallest absolute Gasteiger partial charge is 0.150 e. The summed E-state index contributed by atoms with van der Waals surface area (Å²) in [4.78, 5) is 0. The van der Waals surface area contributed by atoms with Gasteiger partial charge in [-0.3, -0.25) is 0 Å². The Hall–Kier alpha value is -2.09. The van der Waals surface area contributed by atoms with Crippen molar-refractivity contribution >= 4 is 10.9 Å². The van der Waals surface area contributed by atoms with Crippen LogP contribution in [0.3, 0.4) is 0 Å². The van der Waals surface area contributed by atoms with Gasteiger partial charge < -0.3 is 0 Å². The van der Waals surface area contributed by atoms with Gasteiger partial charge in [0.25, 0.3) is 0 Å². The summed E-state index contributed by atoms with van der Waals surface area (Å²) in [6, 6.07) is 14.9. The van der Waals surface area contributed by atoms with Crippen molar-refractivity contribution in [1.29, 1.82) is 0 Å². The quantitative estimate of drug-likeness (QED) is 0.575. The molecule has 2 aromatic carbocycles. The van der Waals surface area contributed by atoms with E-state index in [1.54, 1.807) is 0 Å². The summed E-state index contributed by atoms with van der Waals surface area (Å²) in [6.45, 7) is 4.32. The molecule has 0 saturated heterocycles. The third-order valence-corrected chi connectivity index (χ3v) is 3.54. The molecule has 0 fully saturated rings. The Morgan fingerprint density at radius 1 is 0.889 bits per heavy atom. The molecule has 0 radical (unpaired) electrons. The molecule has 0 atom stereocenters. The zero-order valence-electron chi connectivity index (χ0n) is 11.0. The largest absolute Gasteiger partial charge is 0.241 e. The Labute approximate surface area is 107 Å². The summed E-state index contributed by atoms with van der Waals surface area (Å²) >= 11 is 0. The fourth-order valence-electron chi connectivity index (χ4n) is 2.61. The van der Waals surface area contributed by atoms with Crippen molar-refractivity contribution < 1.29 is 4.68 Å². The first-order valence-electron chi connectivity index (χ1n) is 6.21. The zero-order valence-corrected chi connectivity index (χ0v) is 11.0. The lowest BCUT2D eigenvalue weighted by atomic mass is 10.1. The van der Waals surface area contributed by atoms with Gasteiger partial charge in [-0.05, 0) is 26.0 Å². The number of hydrogen-bond donors (Lipinski definition) is 0. The van der Waals surface area contributed by atoms with Gasteiger partial charge in [-0.2, -0.15) is 4.68 Å². The minimum Gasteiger partial charge on any atom is -0.150 e. The van der Waals surface area contributed by atoms with Gasteiger partial charge >= 0.3 is 0 Å². The Balaban J connectivity index is 2.36. The molecule has 1 aromatic heterocycles. The van der Waals surface area contributed by atoms with E-state index < -0.39 is 0 Å². The van der Waals surface area contributed by atoms with Crippen molar-refractivity contribution in [1.82, 2.24) is 4.68 Å². The molecule has 3 aromatic rings. The fraction of sp³-hybridized carbons (Fsp3) is 0.188. The van der Waals surface area contributed by atoms with Crippen LogP contribution in [-0.4, -0.2) is 4.68 Å². The molecular weight excluding hydrogens is 220 g/mol. The predicted molar refractivity (Wildman–Crippen MR) is 73.9 cm³/mol. The molecule has 0 amide bonds. The van der Waals surface area contributed by atoms with E-state index in [2.05, 4.69) is 78.9 Å². The molecule has 0 bridgehead atoms. The summed E-state index contributed by atoms with van der Waals surface area (Å²) in [7, 11) is 2.11. The maximum absolute atomic E-state index is 2.23. The molecular formula is C16H17N2+. The highest BCUT2D eigenvalue weighted by Gasteiger charge is 2.19. The first-order chi connectivity index (χ1) is 8.68. The van der Waals surface area contributed by atoms with Gasteiger partial charge in [-0.15, -0.1) is 0 Å². The van der Waals surface area contributed by atoms with Crippen molar-refractivity contribution in [3.8, 4) is 5.69 Å². The molecule has 90 valence electrons. The number of aryl methyl sites for hydroxylation is 3. The molecule has 2 nitrogen and oxygen atoms in total. The number of para-hydroxylation sites is 2. The summed E-state index contributed by atoms with van der Waals surface area (Å²) in [5, 5.41) is 1.27. The number of rotatable bonds is 1. The maximum atomic E-state index is 2.23. The third kappa shape index (κ3) is 1.53. The number of benzene rings is 2. The van der Waals surface area contributed by atoms with Crippen molar-refractivity contribution in [3.05, 3.63) is 59.8 Å². The van der Waals surface area contributed by atoms with Gasteiger partial charge in [0.05, 0.1) is 12.4 Å². The lowest BCUT2D eigenvalue weighted by Crippen LogP contribution is -2.40. The van der Waals surface area contributed by atoms with Crippen LogP contribution in [0.25, 0.3) is 16.6 Å². The van der Waals surface area contributed by atoms with Crippen LogP contribution in [0.15, 0.2) is 48.7 Å². The van der Waals surface area contributed by atoms with Crippen molar-refractivity contribution in [2.75, 3.05) is 0 Å². The van der Waals surface area contributed by atoms with Gasteiger partial charge in [-0.1, -0.05) is 35.0 Å². The Bertz CT molecular complexity index is 703. The van der Waals surface area contributed by atoms with Crippen LogP contribution in [0, 0.1) is 13.8 Å². The van der Waals surface area contributed by atoms with E-state index in [4.69, 9.17) is 0 Å². The van der Waals surface area contributed by atoms with E-state index in [9.17, 15) is 0 Å². The molecule has 0 aliphatic carbocycles. The Kier molecular flexibility index (Phi) is 2.44. The Morgan fingerprint density at radius 3 is 2.22 bits per heavy atom. The van der Waals surface area contributed by atoms with E-state index in [1.807, 2.05) is 0 Å². The van der Waals surface area contributed by atoms with E-state index in [1.165, 1.54) is 27.7 Å². The van der Waals surface area contributed by atoms with Gasteiger partial charge in [0.15, 0.2) is 0 Å². The monoisotopic (exact) mass is 237 g/mol. The second kappa shape index (κ2) is 3.98. The molecule has 18 heavy (non-hydrogen) atoms. The van der Waals surface area contributed by atoms with Crippen molar-refractivity contribution in [3.63, 3.8) is 0 Å². The lowest BCUT2D eigenvalue weighted by Gasteiger charge is -2.03. The normalized spacial score (nSPS) is 11.1. The highest BCUT2D eigenvalue weighted by Crippen LogP contribution is 2.16. The van der Waals surface area contributed by atoms with Gasteiger partial charge in [0, 0.05) is 11.1 Å². The molecule has 1 heterocycles. The van der Waals surface area contributed by atoms with E-state index in [0.29, 0.717) is 0 Å². The highest BCUT2D eigenvalue weighted by atomic mass is 15.4. The molecule has 2 heteroatoms. The van der Waals surface area contributed by atoms with Crippen LogP contribution in [0.1, 0.15) is 11.1 Å². The molecule has 0 spiro atoms. The number of hydrogen-bond acceptors (Lipinski definition) is 0. The first kappa shape index (κ1) is 11.0. The van der Waals surface area contributed by atoms with Crippen LogP contribution < -0.4 is 4.68 Å². The zero-order chi connectivity index (χ0) is 12.7. The summed E-state index contributed by atoms with van der Waals surface area (Å²) in [5.74, 6) is 0. The second-order valence-corrected chi connectivity index (χ2v) is 4.80. The fourth-order valence-corrected chi connectivity index (χ4v) is 2.61. The van der Waals surface area contributed by atoms with Gasteiger partial charge in [0.1, 0.15) is 5.52 Å². The van der Waals surface area contributed by atoms with E-state index >= 15 is 0 Å². The van der Waals surface area contributed by atoms with Crippen molar-refractivity contribution in [2.45, 2.75) is 13.8 Å². The number of aromatic nitrogens is 2. The molecule has 0 unspecified atom stereocenters. The summed E-state index contributed by atoms with van der Waals surface area (Å²) in [5.41, 5.74) is 5.12. The first-order valence-corrected chi connectivity index (χ1v) is 6.21. The van der Waals surface area contributed by atoms with Crippen LogP contribution in [0.4, 0.5) is 0 Å². The molecule has 0 aliphatic heterocycles. The van der Waals surface area contributed by atoms with Crippen LogP contribution in [-0.2, 0) is 7.05 Å². The average molecular weight is 237 g/mol. The predicted octanol–water partition coefficient (Wildman–Crippen LogP) is 3.07. The molecule has 3 rings (SSSR count). The molecule has 0 saturated carbocycles. The van der Waals surface area contributed by atoms with Crippen LogP contribution in [0.5, 0.6) is 0 Å². The standard InChI is InChI=1S/C16H17N2/c1-12-7-6-8-13(2)16(12)18-11-14-9-4-5-10-15(14)17(18)3/h4-11H,1-3H3/q+1. The van der Waals surface area contributed by atoms with Crippen molar-refractivity contribution in [2.24, 2.45) is 7.05 Å². The topological polar surface area (TPSA) is 8.81 Å². The van der Waals surface area contributed by atoms with Crippen LogP contribution in [0.2, 0.25) is 0 Å². The van der Waals surface area contributed by atoms with Gasteiger partial charge in [-0.25, -0.2) is 0 Å². The number of nitrogens with zero attached hydrogens (tertiary/aromatic N) is 2. The SMILES string of the molecule is Cc1cccc(C)c1-[n+]1cc2ccccc2n1C.